The van der Waals surface area contributed by atoms with Crippen molar-refractivity contribution < 1.29 is 33.8 Å². The van der Waals surface area contributed by atoms with Crippen molar-refractivity contribution in [2.45, 2.75) is 17.9 Å². The number of nitrogens with one attached hydrogen (secondary N) is 2. The van der Waals surface area contributed by atoms with Crippen molar-refractivity contribution in [3.8, 4) is 5.75 Å². The topological polar surface area (TPSA) is 130 Å². The summed E-state index contributed by atoms with van der Waals surface area (Å²) in [4.78, 5) is 24.5. The van der Waals surface area contributed by atoms with Crippen LogP contribution in [0.4, 0.5) is 4.79 Å². The molecule has 0 atom stereocenters. The second kappa shape index (κ2) is 12.1. The summed E-state index contributed by atoms with van der Waals surface area (Å²) in [6.45, 7) is 1.11. The number of para-hydroxylation sites is 1. The fraction of sp³-hybridized carbons (Fsp3) is 0.273. The highest BCUT2D eigenvalue weighted by atomic mass is 32.2. The third-order valence-corrected chi connectivity index (χ3v) is 5.16. The fourth-order valence-electron chi connectivity index (χ4n) is 2.91. The Morgan fingerprint density at radius 2 is 1.84 bits per heavy atom. The molecule has 0 spiro atoms. The molecule has 0 bridgehead atoms. The third kappa shape index (κ3) is 6.47. The van der Waals surface area contributed by atoms with Gasteiger partial charge in [-0.3, -0.25) is 14.8 Å². The molecule has 0 aliphatic carbocycles. The summed E-state index contributed by atoms with van der Waals surface area (Å²) in [6, 6.07) is 14.1. The maximum atomic E-state index is 12.7. The van der Waals surface area contributed by atoms with E-state index in [2.05, 4.69) is 5.32 Å². The number of aliphatic hydroxyl groups is 1. The average molecular weight is 461 g/mol. The second-order valence-corrected chi connectivity index (χ2v) is 7.66. The first-order valence-corrected chi connectivity index (χ1v) is 10.8. The minimum absolute atomic E-state index is 0.0407. The zero-order valence-corrected chi connectivity index (χ0v) is 18.0. The van der Waals surface area contributed by atoms with Gasteiger partial charge >= 0.3 is 5.24 Å². The molecule has 1 aromatic heterocycles. The number of furan rings is 1. The van der Waals surface area contributed by atoms with Crippen molar-refractivity contribution in [2.75, 3.05) is 26.4 Å². The number of aliphatic hydroxyl groups excluding tert-OH is 1. The van der Waals surface area contributed by atoms with Gasteiger partial charge in [-0.05, 0) is 48.5 Å². The zero-order chi connectivity index (χ0) is 22.8. The van der Waals surface area contributed by atoms with E-state index in [1.54, 1.807) is 35.8 Å². The molecule has 0 aliphatic rings. The van der Waals surface area contributed by atoms with Gasteiger partial charge in [-0.1, -0.05) is 18.2 Å². The first-order valence-electron chi connectivity index (χ1n) is 9.94. The fourth-order valence-corrected chi connectivity index (χ4v) is 3.45. The van der Waals surface area contributed by atoms with Crippen molar-refractivity contribution in [1.82, 2.24) is 10.8 Å². The number of fused-ring (bicyclic) bond motifs is 1. The number of amides is 2. The number of hydrogen-bond acceptors (Lipinski definition) is 8. The minimum Gasteiger partial charge on any atom is -0.492 e. The number of carbonyl (C=O) groups excluding carboxylic acids is 2. The number of benzene rings is 2. The molecule has 0 saturated heterocycles. The maximum Gasteiger partial charge on any atom is 0.307 e. The smallest absolute Gasteiger partial charge is 0.307 e. The lowest BCUT2D eigenvalue weighted by Gasteiger charge is -2.09. The molecule has 1 heterocycles. The molecule has 0 radical (unpaired) electrons. The summed E-state index contributed by atoms with van der Waals surface area (Å²) >= 11 is 0.848. The van der Waals surface area contributed by atoms with Gasteiger partial charge in [-0.2, -0.15) is 0 Å². The van der Waals surface area contributed by atoms with Gasteiger partial charge in [0.05, 0.1) is 13.2 Å². The van der Waals surface area contributed by atoms with Crippen molar-refractivity contribution >= 4 is 33.9 Å². The van der Waals surface area contributed by atoms with Crippen LogP contribution < -0.4 is 15.5 Å². The first-order chi connectivity index (χ1) is 15.6. The number of ether oxygens (including phenoxy) is 2. The van der Waals surface area contributed by atoms with Gasteiger partial charge in [0.2, 0.25) is 0 Å². The highest BCUT2D eigenvalue weighted by Crippen LogP contribution is 2.27. The van der Waals surface area contributed by atoms with Crippen LogP contribution >= 0.6 is 11.8 Å². The molecule has 170 valence electrons. The number of rotatable bonds is 11. The molecule has 4 N–H and O–H groups in total. The second-order valence-electron chi connectivity index (χ2n) is 6.61. The van der Waals surface area contributed by atoms with Gasteiger partial charge in [-0.25, -0.2) is 5.48 Å². The van der Waals surface area contributed by atoms with E-state index in [0.717, 1.165) is 17.1 Å². The molecule has 0 fully saturated rings. The molecule has 0 unspecified atom stereocenters. The van der Waals surface area contributed by atoms with Crippen molar-refractivity contribution in [3.63, 3.8) is 0 Å². The summed E-state index contributed by atoms with van der Waals surface area (Å²) in [5, 5.41) is 20.5. The molecule has 2 aromatic carbocycles. The van der Waals surface area contributed by atoms with E-state index in [-0.39, 0.29) is 38.0 Å². The highest BCUT2D eigenvalue weighted by Gasteiger charge is 2.20. The summed E-state index contributed by atoms with van der Waals surface area (Å²) in [5.74, 6) is 0.403. The summed E-state index contributed by atoms with van der Waals surface area (Å²) in [6.07, 6.45) is 0.517. The maximum absolute atomic E-state index is 12.7. The monoisotopic (exact) mass is 460 g/mol. The zero-order valence-electron chi connectivity index (χ0n) is 17.2. The molecule has 0 saturated carbocycles. The summed E-state index contributed by atoms with van der Waals surface area (Å²) in [7, 11) is 0. The minimum atomic E-state index is -0.579. The summed E-state index contributed by atoms with van der Waals surface area (Å²) < 4.78 is 16.9. The SMILES string of the molecule is O=C(NO)Sc1ccc(OCCNC(=O)c2oc3ccccc3c2COCCCO)cc1. The van der Waals surface area contributed by atoms with Crippen LogP contribution in [0.5, 0.6) is 5.75 Å². The predicted octanol–water partition coefficient (Wildman–Crippen LogP) is 3.33. The number of thioether (sulfide) groups is 1. The molecule has 3 rings (SSSR count). The lowest BCUT2D eigenvalue weighted by Crippen LogP contribution is -2.28. The van der Waals surface area contributed by atoms with Gasteiger partial charge < -0.3 is 24.3 Å². The lowest BCUT2D eigenvalue weighted by atomic mass is 10.1. The Labute approximate surface area is 188 Å². The number of hydrogen-bond donors (Lipinski definition) is 4. The lowest BCUT2D eigenvalue weighted by molar-refractivity contribution is 0.0890. The normalized spacial score (nSPS) is 10.8. The van der Waals surface area contributed by atoms with E-state index in [9.17, 15) is 9.59 Å². The Hall–Kier alpha value is -3.05. The van der Waals surface area contributed by atoms with Gasteiger partial charge in [-0.15, -0.1) is 0 Å². The van der Waals surface area contributed by atoms with Gasteiger partial charge in [0.1, 0.15) is 17.9 Å². The van der Waals surface area contributed by atoms with Crippen LogP contribution in [-0.4, -0.2) is 47.8 Å². The Bertz CT molecular complexity index is 1040. The van der Waals surface area contributed by atoms with Crippen molar-refractivity contribution in [2.24, 2.45) is 0 Å². The Kier molecular flexibility index (Phi) is 8.93. The van der Waals surface area contributed by atoms with Crippen molar-refractivity contribution in [1.29, 1.82) is 0 Å². The largest absolute Gasteiger partial charge is 0.492 e. The summed E-state index contributed by atoms with van der Waals surface area (Å²) in [5.41, 5.74) is 2.81. The van der Waals surface area contributed by atoms with Crippen LogP contribution in [0.3, 0.4) is 0 Å². The van der Waals surface area contributed by atoms with Gasteiger partial charge in [0.25, 0.3) is 5.91 Å². The molecule has 10 heteroatoms. The standard InChI is InChI=1S/C22H24N2O7S/c25-11-3-12-29-14-18-17-4-1-2-5-19(17)31-20(18)21(26)23-10-13-30-15-6-8-16(9-7-15)32-22(27)24-28/h1-2,4-9,25,28H,3,10-14H2,(H,23,26)(H,24,27). The van der Waals surface area contributed by atoms with Crippen LogP contribution in [0.15, 0.2) is 57.8 Å². The van der Waals surface area contributed by atoms with Crippen LogP contribution in [0.2, 0.25) is 0 Å². The third-order valence-electron chi connectivity index (χ3n) is 4.38. The van der Waals surface area contributed by atoms with Crippen molar-refractivity contribution in [3.05, 3.63) is 59.9 Å². The molecule has 32 heavy (non-hydrogen) atoms. The van der Waals surface area contributed by atoms with E-state index in [0.29, 0.717) is 34.8 Å². The van der Waals surface area contributed by atoms with Crippen LogP contribution in [0.1, 0.15) is 22.5 Å². The van der Waals surface area contributed by atoms with E-state index in [1.807, 2.05) is 18.2 Å². The number of hydroxylamine groups is 1. The first kappa shape index (κ1) is 23.6. The van der Waals surface area contributed by atoms with Crippen LogP contribution in [0.25, 0.3) is 11.0 Å². The van der Waals surface area contributed by atoms with E-state index in [4.69, 9.17) is 24.2 Å². The van der Waals surface area contributed by atoms with E-state index in [1.165, 1.54) is 0 Å². The number of carbonyl (C=O) groups is 2. The van der Waals surface area contributed by atoms with Gasteiger partial charge in [0, 0.05) is 29.1 Å². The molecular formula is C22H24N2O7S. The average Bonchev–Trinajstić information content (AvgIpc) is 3.19. The molecule has 3 aromatic rings. The van der Waals surface area contributed by atoms with Gasteiger partial charge in [0.15, 0.2) is 5.76 Å². The Morgan fingerprint density at radius 1 is 1.06 bits per heavy atom. The quantitative estimate of drug-likeness (QED) is 0.148. The molecular weight excluding hydrogens is 436 g/mol. The van der Waals surface area contributed by atoms with Crippen LogP contribution in [0, 0.1) is 0 Å². The Morgan fingerprint density at radius 3 is 2.59 bits per heavy atom. The molecule has 9 nitrogen and oxygen atoms in total. The Balaban J connectivity index is 1.54. The molecule has 0 aliphatic heterocycles. The van der Waals surface area contributed by atoms with Crippen LogP contribution in [-0.2, 0) is 11.3 Å². The predicted molar refractivity (Wildman–Crippen MR) is 118 cm³/mol. The van der Waals surface area contributed by atoms with E-state index >= 15 is 0 Å². The molecule has 2 amide bonds. The van der Waals surface area contributed by atoms with E-state index < -0.39 is 5.24 Å². The highest BCUT2D eigenvalue weighted by molar-refractivity contribution is 8.13.